The van der Waals surface area contributed by atoms with Crippen molar-refractivity contribution in [2.75, 3.05) is 26.3 Å². The standard InChI is InChI=1S/C10H20FN2O5P/c1-3-17-19(16,18-4-2)12-9-7-13(10(14)15)6-5-8(9)11/h8-9H,3-7H2,1-2H3,(H,12,16)(H,14,15). The van der Waals surface area contributed by atoms with Crippen LogP contribution in [0, 0.1) is 0 Å². The molecule has 19 heavy (non-hydrogen) atoms. The Kier molecular flexibility index (Phi) is 6.19. The van der Waals surface area contributed by atoms with Crippen molar-refractivity contribution in [2.24, 2.45) is 0 Å². The van der Waals surface area contributed by atoms with E-state index in [1.807, 2.05) is 0 Å². The van der Waals surface area contributed by atoms with Gasteiger partial charge >= 0.3 is 13.8 Å². The van der Waals surface area contributed by atoms with E-state index in [1.165, 1.54) is 0 Å². The summed E-state index contributed by atoms with van der Waals surface area (Å²) in [6.45, 7) is 3.63. The van der Waals surface area contributed by atoms with E-state index in [4.69, 9.17) is 14.2 Å². The number of halogens is 1. The monoisotopic (exact) mass is 298 g/mol. The number of hydrogen-bond acceptors (Lipinski definition) is 4. The molecule has 1 amide bonds. The lowest BCUT2D eigenvalue weighted by atomic mass is 10.1. The Bertz CT molecular complexity index is 347. The summed E-state index contributed by atoms with van der Waals surface area (Å²) >= 11 is 0. The van der Waals surface area contributed by atoms with Gasteiger partial charge in [-0.1, -0.05) is 0 Å². The van der Waals surface area contributed by atoms with Crippen LogP contribution in [0.1, 0.15) is 20.3 Å². The number of piperidine rings is 1. The Morgan fingerprint density at radius 1 is 1.47 bits per heavy atom. The molecule has 1 rings (SSSR count). The molecule has 2 N–H and O–H groups in total. The quantitative estimate of drug-likeness (QED) is 0.728. The first-order chi connectivity index (χ1) is 8.91. The Labute approximate surface area is 111 Å². The van der Waals surface area contributed by atoms with Crippen LogP contribution in [-0.4, -0.2) is 54.6 Å². The first-order valence-corrected chi connectivity index (χ1v) is 7.75. The highest BCUT2D eigenvalue weighted by Gasteiger charge is 2.37. The summed E-state index contributed by atoms with van der Waals surface area (Å²) in [6.07, 6.45) is -2.35. The van der Waals surface area contributed by atoms with E-state index in [-0.39, 0.29) is 32.7 Å². The fourth-order valence-corrected chi connectivity index (χ4v) is 3.43. The molecule has 112 valence electrons. The summed E-state index contributed by atoms with van der Waals surface area (Å²) in [5.41, 5.74) is 0. The number of nitrogens with one attached hydrogen (secondary N) is 1. The summed E-state index contributed by atoms with van der Waals surface area (Å²) in [6, 6.07) is -0.895. The molecule has 2 atom stereocenters. The molecular formula is C10H20FN2O5P. The van der Waals surface area contributed by atoms with Crippen molar-refractivity contribution in [1.29, 1.82) is 0 Å². The van der Waals surface area contributed by atoms with Gasteiger partial charge in [0, 0.05) is 13.1 Å². The average molecular weight is 298 g/mol. The van der Waals surface area contributed by atoms with Crippen LogP contribution in [-0.2, 0) is 13.6 Å². The molecule has 0 aromatic rings. The lowest BCUT2D eigenvalue weighted by Gasteiger charge is -2.35. The minimum absolute atomic E-state index is 0.0578. The zero-order valence-corrected chi connectivity index (χ0v) is 11.9. The van der Waals surface area contributed by atoms with Crippen LogP contribution in [0.5, 0.6) is 0 Å². The lowest BCUT2D eigenvalue weighted by Crippen LogP contribution is -2.52. The molecule has 0 saturated carbocycles. The van der Waals surface area contributed by atoms with E-state index in [0.717, 1.165) is 4.90 Å². The number of likely N-dealkylation sites (tertiary alicyclic amines) is 1. The number of nitrogens with zero attached hydrogens (tertiary/aromatic N) is 1. The first-order valence-electron chi connectivity index (χ1n) is 6.20. The first kappa shape index (κ1) is 16.4. The maximum Gasteiger partial charge on any atom is 0.407 e. The number of carboxylic acid groups (broad SMARTS) is 1. The van der Waals surface area contributed by atoms with Gasteiger partial charge in [0.2, 0.25) is 0 Å². The normalized spacial score (nSPS) is 24.5. The molecule has 0 spiro atoms. The summed E-state index contributed by atoms with van der Waals surface area (Å²) in [5, 5.41) is 11.4. The van der Waals surface area contributed by atoms with Crippen LogP contribution < -0.4 is 5.09 Å². The minimum Gasteiger partial charge on any atom is -0.465 e. The Balaban J connectivity index is 2.70. The van der Waals surface area contributed by atoms with Gasteiger partial charge in [0.15, 0.2) is 0 Å². The molecule has 1 fully saturated rings. The number of alkyl halides is 1. The second kappa shape index (κ2) is 7.19. The van der Waals surface area contributed by atoms with Crippen molar-refractivity contribution < 1.29 is 27.9 Å². The average Bonchev–Trinajstić information content (AvgIpc) is 2.32. The summed E-state index contributed by atoms with van der Waals surface area (Å²) < 4.78 is 36.0. The van der Waals surface area contributed by atoms with E-state index < -0.39 is 26.1 Å². The van der Waals surface area contributed by atoms with Gasteiger partial charge in [0.25, 0.3) is 0 Å². The molecule has 0 aliphatic carbocycles. The molecule has 7 nitrogen and oxygen atoms in total. The predicted octanol–water partition coefficient (Wildman–Crippen LogP) is 1.85. The maximum atomic E-state index is 13.8. The van der Waals surface area contributed by atoms with Gasteiger partial charge in [-0.3, -0.25) is 9.05 Å². The van der Waals surface area contributed by atoms with Crippen LogP contribution >= 0.6 is 7.75 Å². The van der Waals surface area contributed by atoms with Crippen molar-refractivity contribution in [2.45, 2.75) is 32.5 Å². The van der Waals surface area contributed by atoms with Crippen LogP contribution in [0.25, 0.3) is 0 Å². The number of rotatable bonds is 6. The van der Waals surface area contributed by atoms with E-state index in [1.54, 1.807) is 13.8 Å². The second-order valence-corrected chi connectivity index (χ2v) is 5.87. The summed E-state index contributed by atoms with van der Waals surface area (Å²) in [7, 11) is -3.59. The van der Waals surface area contributed by atoms with Crippen molar-refractivity contribution >= 4 is 13.8 Å². The van der Waals surface area contributed by atoms with Crippen LogP contribution in [0.4, 0.5) is 9.18 Å². The fourth-order valence-electron chi connectivity index (χ4n) is 1.87. The zero-order valence-electron chi connectivity index (χ0n) is 11.0. The van der Waals surface area contributed by atoms with Gasteiger partial charge in [-0.05, 0) is 20.3 Å². The molecule has 1 aliphatic heterocycles. The second-order valence-electron chi connectivity index (χ2n) is 4.10. The van der Waals surface area contributed by atoms with Gasteiger partial charge in [-0.15, -0.1) is 0 Å². The van der Waals surface area contributed by atoms with E-state index in [0.29, 0.717) is 0 Å². The van der Waals surface area contributed by atoms with Crippen LogP contribution in [0.2, 0.25) is 0 Å². The van der Waals surface area contributed by atoms with E-state index >= 15 is 0 Å². The highest BCUT2D eigenvalue weighted by Crippen LogP contribution is 2.44. The van der Waals surface area contributed by atoms with E-state index in [9.17, 15) is 13.8 Å². The Hall–Kier alpha value is -0.690. The molecule has 2 unspecified atom stereocenters. The molecule has 0 radical (unpaired) electrons. The molecule has 1 aliphatic rings. The topological polar surface area (TPSA) is 88.1 Å². The summed E-state index contributed by atoms with van der Waals surface area (Å²) in [4.78, 5) is 11.9. The molecular weight excluding hydrogens is 278 g/mol. The molecule has 9 heteroatoms. The van der Waals surface area contributed by atoms with Crippen molar-refractivity contribution in [3.8, 4) is 0 Å². The van der Waals surface area contributed by atoms with Crippen molar-refractivity contribution in [3.05, 3.63) is 0 Å². The minimum atomic E-state index is -3.59. The third-order valence-corrected chi connectivity index (χ3v) is 4.57. The maximum absolute atomic E-state index is 13.8. The van der Waals surface area contributed by atoms with E-state index in [2.05, 4.69) is 5.09 Å². The highest BCUT2D eigenvalue weighted by molar-refractivity contribution is 7.51. The molecule has 0 aromatic heterocycles. The fraction of sp³-hybridized carbons (Fsp3) is 0.900. The highest BCUT2D eigenvalue weighted by atomic mass is 31.2. The number of hydrogen-bond donors (Lipinski definition) is 2. The Morgan fingerprint density at radius 2 is 2.05 bits per heavy atom. The predicted molar refractivity (Wildman–Crippen MR) is 66.9 cm³/mol. The van der Waals surface area contributed by atoms with Gasteiger partial charge in [-0.25, -0.2) is 18.8 Å². The third kappa shape index (κ3) is 4.72. The molecule has 0 bridgehead atoms. The van der Waals surface area contributed by atoms with Crippen molar-refractivity contribution in [3.63, 3.8) is 0 Å². The number of carbonyl (C=O) groups is 1. The zero-order chi connectivity index (χ0) is 14.5. The van der Waals surface area contributed by atoms with Crippen molar-refractivity contribution in [1.82, 2.24) is 9.99 Å². The Morgan fingerprint density at radius 3 is 2.53 bits per heavy atom. The van der Waals surface area contributed by atoms with Gasteiger partial charge in [0.05, 0.1) is 19.3 Å². The SMILES string of the molecule is CCOP(=O)(NC1CN(C(=O)O)CCC1F)OCC. The smallest absolute Gasteiger partial charge is 0.407 e. The largest absolute Gasteiger partial charge is 0.465 e. The van der Waals surface area contributed by atoms with Gasteiger partial charge in [-0.2, -0.15) is 0 Å². The summed E-state index contributed by atoms with van der Waals surface area (Å²) in [5.74, 6) is 0. The molecule has 1 saturated heterocycles. The lowest BCUT2D eigenvalue weighted by molar-refractivity contribution is 0.0935. The number of amides is 1. The third-order valence-electron chi connectivity index (χ3n) is 2.72. The molecule has 0 aromatic carbocycles. The van der Waals surface area contributed by atoms with Gasteiger partial charge in [0.1, 0.15) is 6.17 Å². The molecule has 1 heterocycles. The van der Waals surface area contributed by atoms with Crippen LogP contribution in [0.3, 0.4) is 0 Å². The van der Waals surface area contributed by atoms with Crippen LogP contribution in [0.15, 0.2) is 0 Å². The van der Waals surface area contributed by atoms with Gasteiger partial charge < -0.3 is 10.0 Å².